The van der Waals surface area contributed by atoms with Crippen LogP contribution in [0.4, 0.5) is 0 Å². The molecule has 2 aromatic heterocycles. The molecule has 0 unspecified atom stereocenters. The molecule has 1 aliphatic rings. The van der Waals surface area contributed by atoms with Crippen LogP contribution in [0.2, 0.25) is 10.3 Å². The van der Waals surface area contributed by atoms with Crippen molar-refractivity contribution in [3.8, 4) is 0 Å². The lowest BCUT2D eigenvalue weighted by atomic mass is 10.3. The van der Waals surface area contributed by atoms with Gasteiger partial charge in [-0.2, -0.15) is 0 Å². The first-order valence-electron chi connectivity index (χ1n) is 10.6. The highest BCUT2D eigenvalue weighted by Gasteiger charge is 2.21. The number of nitrogens with one attached hydrogen (secondary N) is 2. The zero-order valence-electron chi connectivity index (χ0n) is 19.4. The van der Waals surface area contributed by atoms with Crippen molar-refractivity contribution in [3.05, 3.63) is 68.2 Å². The van der Waals surface area contributed by atoms with E-state index in [4.69, 9.17) is 40.4 Å². The largest absolute Gasteiger partial charge is 0.370 e. The molecule has 8 N–H and O–H groups in total. The molecule has 0 bridgehead atoms. The molecule has 0 saturated carbocycles. The van der Waals surface area contributed by atoms with Gasteiger partial charge in [-0.3, -0.25) is 4.99 Å². The van der Waals surface area contributed by atoms with Gasteiger partial charge in [-0.15, -0.1) is 0 Å². The number of nitro groups is 1. The molecule has 2 aromatic rings. The Kier molecular flexibility index (Phi) is 14.6. The fourth-order valence-electron chi connectivity index (χ4n) is 2.54. The van der Waals surface area contributed by atoms with Gasteiger partial charge in [-0.05, 0) is 42.8 Å². The number of hydrazone groups is 1. The first-order chi connectivity index (χ1) is 16.7. The number of aromatic nitrogens is 2. The molecule has 3 rings (SSSR count). The summed E-state index contributed by atoms with van der Waals surface area (Å²) in [5.74, 6) is 0.412. The summed E-state index contributed by atoms with van der Waals surface area (Å²) in [5, 5.41) is 20.0. The molecule has 13 nitrogen and oxygen atoms in total. The van der Waals surface area contributed by atoms with E-state index in [-0.39, 0.29) is 11.9 Å². The molecule has 1 fully saturated rings. The van der Waals surface area contributed by atoms with Crippen LogP contribution in [0.1, 0.15) is 17.5 Å². The van der Waals surface area contributed by atoms with E-state index in [1.165, 1.54) is 7.05 Å². The van der Waals surface area contributed by atoms with Crippen molar-refractivity contribution in [1.29, 1.82) is 0 Å². The summed E-state index contributed by atoms with van der Waals surface area (Å²) in [6, 6.07) is 7.27. The lowest BCUT2D eigenvalue weighted by Crippen LogP contribution is -2.30. The predicted octanol–water partition coefficient (Wildman–Crippen LogP) is 0.751. The van der Waals surface area contributed by atoms with Crippen LogP contribution < -0.4 is 27.8 Å². The van der Waals surface area contributed by atoms with Crippen LogP contribution in [-0.2, 0) is 13.1 Å². The van der Waals surface area contributed by atoms with Crippen LogP contribution in [0, 0.1) is 10.1 Å². The Bertz CT molecular complexity index is 937. The van der Waals surface area contributed by atoms with E-state index in [0.29, 0.717) is 29.9 Å². The van der Waals surface area contributed by atoms with Crippen molar-refractivity contribution >= 4 is 35.1 Å². The monoisotopic (exact) mass is 527 g/mol. The maximum Gasteiger partial charge on any atom is 0.271 e. The zero-order valence-corrected chi connectivity index (χ0v) is 20.9. The Morgan fingerprint density at radius 3 is 2.29 bits per heavy atom. The lowest BCUT2D eigenvalue weighted by Gasteiger charge is -2.14. The Morgan fingerprint density at radius 2 is 1.80 bits per heavy atom. The Labute approximate surface area is 213 Å². The van der Waals surface area contributed by atoms with Crippen LogP contribution >= 0.6 is 23.2 Å². The number of halogens is 2. The number of hydrogen-bond acceptors (Lipinski definition) is 7. The summed E-state index contributed by atoms with van der Waals surface area (Å²) in [6.07, 6.45) is 4.42. The molecule has 3 heterocycles. The summed E-state index contributed by atoms with van der Waals surface area (Å²) >= 11 is 11.3. The smallest absolute Gasteiger partial charge is 0.271 e. The number of nitrogens with two attached hydrogens (primary N) is 3. The minimum absolute atomic E-state index is 0.130. The normalized spacial score (nSPS) is 13.1. The molecule has 15 heteroatoms. The lowest BCUT2D eigenvalue weighted by molar-refractivity contribution is -0.485. The summed E-state index contributed by atoms with van der Waals surface area (Å²) in [4.78, 5) is 23.4. The molecule has 0 aromatic carbocycles. The van der Waals surface area contributed by atoms with E-state index in [2.05, 4.69) is 30.7 Å². The number of rotatable bonds is 8. The van der Waals surface area contributed by atoms with Crippen molar-refractivity contribution in [2.24, 2.45) is 27.3 Å². The SMILES string of the molecule is CN=C(N)N.NCCCNCc1ccc(Cl)nc1.O=[N+]([O-])/N=C1\NCCN1Cc1ccc(Cl)nc1. The fourth-order valence-corrected chi connectivity index (χ4v) is 2.76. The molecule has 0 radical (unpaired) electrons. The third-order valence-corrected chi connectivity index (χ3v) is 4.68. The third-order valence-electron chi connectivity index (χ3n) is 4.24. The number of aliphatic imine (C=N–C) groups is 1. The second-order valence-corrected chi connectivity index (χ2v) is 7.73. The second-order valence-electron chi connectivity index (χ2n) is 6.96. The van der Waals surface area contributed by atoms with Gasteiger partial charge in [0.25, 0.3) is 5.96 Å². The second kappa shape index (κ2) is 17.2. The third kappa shape index (κ3) is 13.9. The van der Waals surface area contributed by atoms with Crippen LogP contribution in [0.3, 0.4) is 0 Å². The molecule has 192 valence electrons. The highest BCUT2D eigenvalue weighted by Crippen LogP contribution is 2.10. The predicted molar refractivity (Wildman–Crippen MR) is 138 cm³/mol. The summed E-state index contributed by atoms with van der Waals surface area (Å²) in [5.41, 5.74) is 17.1. The first-order valence-corrected chi connectivity index (χ1v) is 11.3. The van der Waals surface area contributed by atoms with Gasteiger partial charge in [0.05, 0.1) is 0 Å². The van der Waals surface area contributed by atoms with Crippen LogP contribution in [0.5, 0.6) is 0 Å². The minimum Gasteiger partial charge on any atom is -0.370 e. The standard InChI is InChI=1S/C9H10ClN5O2.C9H14ClN3.C2H7N3/c10-8-2-1-7(5-12-8)6-14-4-3-11-9(14)13-15(16)17;10-9-3-2-8(7-13-9)6-12-5-1-4-11;1-5-2(3)4/h1-2,5H,3-4,6H2,(H,11,13);2-3,7,12H,1,4-6,11H2;1H3,(H4,3,4,5). The maximum absolute atomic E-state index is 10.3. The topological polar surface area (TPSA) is 199 Å². The van der Waals surface area contributed by atoms with Gasteiger partial charge in [0.1, 0.15) is 15.4 Å². The Hall–Kier alpha value is -3.26. The average molecular weight is 528 g/mol. The van der Waals surface area contributed by atoms with Gasteiger partial charge < -0.3 is 32.7 Å². The number of pyridine rings is 2. The van der Waals surface area contributed by atoms with Gasteiger partial charge in [0.15, 0.2) is 11.0 Å². The molecule has 0 aliphatic carbocycles. The summed E-state index contributed by atoms with van der Waals surface area (Å²) in [6.45, 7) is 4.34. The molecule has 0 amide bonds. The summed E-state index contributed by atoms with van der Waals surface area (Å²) < 4.78 is 0. The maximum atomic E-state index is 10.3. The molecular formula is C20H31Cl2N11O2. The van der Waals surface area contributed by atoms with Gasteiger partial charge >= 0.3 is 0 Å². The Balaban J connectivity index is 0.000000302. The van der Waals surface area contributed by atoms with E-state index in [9.17, 15) is 10.1 Å². The number of nitrogens with zero attached hydrogens (tertiary/aromatic N) is 6. The van der Waals surface area contributed by atoms with Crippen molar-refractivity contribution < 1.29 is 5.03 Å². The van der Waals surface area contributed by atoms with Crippen molar-refractivity contribution in [3.63, 3.8) is 0 Å². The highest BCUT2D eigenvalue weighted by atomic mass is 35.5. The molecule has 0 spiro atoms. The van der Waals surface area contributed by atoms with Crippen molar-refractivity contribution in [2.75, 3.05) is 33.2 Å². The first kappa shape index (κ1) is 29.8. The van der Waals surface area contributed by atoms with Gasteiger partial charge in [0, 0.05) is 45.6 Å². The average Bonchev–Trinajstić information content (AvgIpc) is 3.26. The molecule has 1 saturated heterocycles. The number of guanidine groups is 2. The molecule has 0 atom stereocenters. The van der Waals surface area contributed by atoms with Crippen LogP contribution in [0.25, 0.3) is 0 Å². The molecule has 35 heavy (non-hydrogen) atoms. The van der Waals surface area contributed by atoms with Gasteiger partial charge in [-0.25, -0.2) is 20.1 Å². The fraction of sp³-hybridized carbons (Fsp3) is 0.400. The zero-order chi connectivity index (χ0) is 26.1. The molecule has 1 aliphatic heterocycles. The quantitative estimate of drug-likeness (QED) is 0.0813. The van der Waals surface area contributed by atoms with Gasteiger partial charge in [-0.1, -0.05) is 35.3 Å². The van der Waals surface area contributed by atoms with Crippen LogP contribution in [-0.4, -0.2) is 65.0 Å². The van der Waals surface area contributed by atoms with Crippen molar-refractivity contribution in [2.45, 2.75) is 19.5 Å². The van der Waals surface area contributed by atoms with E-state index in [1.807, 2.05) is 12.1 Å². The summed E-state index contributed by atoms with van der Waals surface area (Å²) in [7, 11) is 1.54. The van der Waals surface area contributed by atoms with E-state index in [0.717, 1.165) is 37.2 Å². The van der Waals surface area contributed by atoms with Crippen molar-refractivity contribution in [1.82, 2.24) is 25.5 Å². The minimum atomic E-state index is -0.708. The highest BCUT2D eigenvalue weighted by molar-refractivity contribution is 6.29. The Morgan fingerprint density at radius 1 is 1.20 bits per heavy atom. The van der Waals surface area contributed by atoms with E-state index < -0.39 is 5.03 Å². The molecular weight excluding hydrogens is 497 g/mol. The van der Waals surface area contributed by atoms with Gasteiger partial charge in [0.2, 0.25) is 0 Å². The van der Waals surface area contributed by atoms with Crippen LogP contribution in [0.15, 0.2) is 46.8 Å². The number of hydrogen-bond donors (Lipinski definition) is 5. The van der Waals surface area contributed by atoms with E-state index >= 15 is 0 Å². The van der Waals surface area contributed by atoms with E-state index in [1.54, 1.807) is 29.4 Å².